The van der Waals surface area contributed by atoms with E-state index in [-0.39, 0.29) is 18.3 Å². The molecule has 1 aromatic heterocycles. The van der Waals surface area contributed by atoms with Gasteiger partial charge in [-0.3, -0.25) is 4.79 Å². The minimum absolute atomic E-state index is 0.215. The highest BCUT2D eigenvalue weighted by Gasteiger charge is 2.12. The SMILES string of the molecule is CCCCc1nc2ccc(Br)cc2c(=O)n1N=Cc1ccc(OCC(=O)OC(C)C)c(OC)c1. The summed E-state index contributed by atoms with van der Waals surface area (Å²) in [7, 11) is 1.51. The maximum atomic E-state index is 13.2. The molecular weight excluding hydrogens is 502 g/mol. The lowest BCUT2D eigenvalue weighted by Gasteiger charge is -2.12. The second-order valence-electron chi connectivity index (χ2n) is 7.89. The van der Waals surface area contributed by atoms with Crippen molar-refractivity contribution in [2.75, 3.05) is 13.7 Å². The van der Waals surface area contributed by atoms with E-state index < -0.39 is 5.97 Å². The van der Waals surface area contributed by atoms with Crippen LogP contribution in [0.3, 0.4) is 0 Å². The highest BCUT2D eigenvalue weighted by atomic mass is 79.9. The molecule has 0 radical (unpaired) electrons. The molecule has 9 heteroatoms. The molecule has 34 heavy (non-hydrogen) atoms. The summed E-state index contributed by atoms with van der Waals surface area (Å²) in [5.74, 6) is 0.976. The smallest absolute Gasteiger partial charge is 0.344 e. The molecule has 3 rings (SSSR count). The molecule has 8 nitrogen and oxygen atoms in total. The van der Waals surface area contributed by atoms with Gasteiger partial charge in [0.05, 0.1) is 30.3 Å². The summed E-state index contributed by atoms with van der Waals surface area (Å²) in [6.45, 7) is 5.41. The Morgan fingerprint density at radius 3 is 2.71 bits per heavy atom. The largest absolute Gasteiger partial charge is 0.493 e. The lowest BCUT2D eigenvalue weighted by atomic mass is 10.2. The van der Waals surface area contributed by atoms with Gasteiger partial charge in [0.2, 0.25) is 0 Å². The number of hydrogen-bond acceptors (Lipinski definition) is 7. The van der Waals surface area contributed by atoms with Crippen LogP contribution in [-0.2, 0) is 16.0 Å². The fourth-order valence-corrected chi connectivity index (χ4v) is 3.61. The normalized spacial score (nSPS) is 11.4. The van der Waals surface area contributed by atoms with Crippen molar-refractivity contribution in [3.63, 3.8) is 0 Å². The molecule has 3 aromatic rings. The van der Waals surface area contributed by atoms with Crippen LogP contribution in [0.15, 0.2) is 50.8 Å². The predicted octanol–water partition coefficient (Wildman–Crippen LogP) is 4.72. The highest BCUT2D eigenvalue weighted by Crippen LogP contribution is 2.27. The van der Waals surface area contributed by atoms with Crippen molar-refractivity contribution in [3.8, 4) is 11.5 Å². The van der Waals surface area contributed by atoms with Gasteiger partial charge in [-0.05, 0) is 62.2 Å². The first-order chi connectivity index (χ1) is 16.3. The van der Waals surface area contributed by atoms with Crippen LogP contribution in [0.25, 0.3) is 10.9 Å². The molecule has 0 unspecified atom stereocenters. The van der Waals surface area contributed by atoms with E-state index in [4.69, 9.17) is 14.2 Å². The Hall–Kier alpha value is -3.20. The van der Waals surface area contributed by atoms with E-state index >= 15 is 0 Å². The number of halogens is 1. The number of methoxy groups -OCH3 is 1. The van der Waals surface area contributed by atoms with Gasteiger partial charge in [0.1, 0.15) is 5.82 Å². The average Bonchev–Trinajstić information content (AvgIpc) is 2.81. The van der Waals surface area contributed by atoms with Gasteiger partial charge in [-0.2, -0.15) is 9.78 Å². The maximum Gasteiger partial charge on any atom is 0.344 e. The first-order valence-corrected chi connectivity index (χ1v) is 11.9. The predicted molar refractivity (Wildman–Crippen MR) is 135 cm³/mol. The van der Waals surface area contributed by atoms with Gasteiger partial charge in [0, 0.05) is 10.9 Å². The van der Waals surface area contributed by atoms with Crippen molar-refractivity contribution >= 4 is 39.0 Å². The van der Waals surface area contributed by atoms with Crippen LogP contribution in [0.1, 0.15) is 45.0 Å². The van der Waals surface area contributed by atoms with Crippen LogP contribution in [-0.4, -0.2) is 41.7 Å². The summed E-state index contributed by atoms with van der Waals surface area (Å²) in [5.41, 5.74) is 1.10. The minimum atomic E-state index is -0.461. The standard InChI is InChI=1S/C25H28BrN3O5/c1-5-6-7-23-28-20-10-9-18(26)13-19(20)25(31)29(23)27-14-17-8-11-21(22(12-17)32-4)33-15-24(30)34-16(2)3/h8-14,16H,5-7,15H2,1-4H3. The van der Waals surface area contributed by atoms with Crippen LogP contribution in [0, 0.1) is 0 Å². The van der Waals surface area contributed by atoms with Crippen molar-refractivity contribution in [1.82, 2.24) is 9.66 Å². The van der Waals surface area contributed by atoms with Gasteiger partial charge in [0.25, 0.3) is 5.56 Å². The van der Waals surface area contributed by atoms with Gasteiger partial charge in [-0.1, -0.05) is 29.3 Å². The van der Waals surface area contributed by atoms with Crippen molar-refractivity contribution in [2.24, 2.45) is 5.10 Å². The molecule has 0 saturated heterocycles. The zero-order chi connectivity index (χ0) is 24.7. The van der Waals surface area contributed by atoms with Crippen LogP contribution in [0.4, 0.5) is 0 Å². The molecule has 0 aliphatic rings. The summed E-state index contributed by atoms with van der Waals surface area (Å²) in [6, 6.07) is 10.6. The van der Waals surface area contributed by atoms with E-state index in [0.29, 0.717) is 40.2 Å². The molecule has 2 aromatic carbocycles. The zero-order valence-electron chi connectivity index (χ0n) is 19.7. The summed E-state index contributed by atoms with van der Waals surface area (Å²) >= 11 is 3.41. The first-order valence-electron chi connectivity index (χ1n) is 11.1. The Bertz CT molecular complexity index is 1250. The number of benzene rings is 2. The molecule has 0 bridgehead atoms. The summed E-state index contributed by atoms with van der Waals surface area (Å²) in [5, 5.41) is 4.94. The van der Waals surface area contributed by atoms with Crippen LogP contribution < -0.4 is 15.0 Å². The molecular formula is C25H28BrN3O5. The number of nitrogens with zero attached hydrogens (tertiary/aromatic N) is 3. The third-order valence-electron chi connectivity index (χ3n) is 4.85. The number of esters is 1. The second-order valence-corrected chi connectivity index (χ2v) is 8.81. The Morgan fingerprint density at radius 1 is 1.21 bits per heavy atom. The lowest BCUT2D eigenvalue weighted by molar-refractivity contribution is -0.149. The van der Waals surface area contributed by atoms with Crippen molar-refractivity contribution in [3.05, 3.63) is 62.6 Å². The Kier molecular flexibility index (Phi) is 8.81. The molecule has 180 valence electrons. The molecule has 0 spiro atoms. The van der Waals surface area contributed by atoms with E-state index in [1.54, 1.807) is 44.3 Å². The Labute approximate surface area is 206 Å². The molecule has 0 saturated carbocycles. The number of rotatable bonds is 10. The fourth-order valence-electron chi connectivity index (χ4n) is 3.25. The molecule has 1 heterocycles. The number of aromatic nitrogens is 2. The maximum absolute atomic E-state index is 13.2. The molecule has 0 aliphatic carbocycles. The quantitative estimate of drug-likeness (QED) is 0.278. The van der Waals surface area contributed by atoms with Gasteiger partial charge >= 0.3 is 5.97 Å². The Balaban J connectivity index is 1.90. The second kappa shape index (κ2) is 11.8. The summed E-state index contributed by atoms with van der Waals surface area (Å²) in [4.78, 5) is 29.6. The monoisotopic (exact) mass is 529 g/mol. The lowest BCUT2D eigenvalue weighted by Crippen LogP contribution is -2.22. The minimum Gasteiger partial charge on any atom is -0.493 e. The van der Waals surface area contributed by atoms with Gasteiger partial charge in [-0.15, -0.1) is 0 Å². The van der Waals surface area contributed by atoms with Crippen LogP contribution in [0.5, 0.6) is 11.5 Å². The van der Waals surface area contributed by atoms with E-state index in [9.17, 15) is 9.59 Å². The number of ether oxygens (including phenoxy) is 3. The molecule has 0 N–H and O–H groups in total. The van der Waals surface area contributed by atoms with E-state index in [1.807, 2.05) is 12.1 Å². The van der Waals surface area contributed by atoms with Gasteiger partial charge in [0.15, 0.2) is 18.1 Å². The molecule has 0 aliphatic heterocycles. The topological polar surface area (TPSA) is 92.0 Å². The van der Waals surface area contributed by atoms with Crippen molar-refractivity contribution in [1.29, 1.82) is 0 Å². The average molecular weight is 530 g/mol. The summed E-state index contributed by atoms with van der Waals surface area (Å²) < 4.78 is 18.2. The van der Waals surface area contributed by atoms with E-state index in [0.717, 1.165) is 17.3 Å². The molecule has 0 fully saturated rings. The number of unbranched alkanes of at least 4 members (excludes halogenated alkanes) is 1. The van der Waals surface area contributed by atoms with Crippen molar-refractivity contribution in [2.45, 2.75) is 46.1 Å². The number of aryl methyl sites for hydroxylation is 1. The third kappa shape index (κ3) is 6.44. The zero-order valence-corrected chi connectivity index (χ0v) is 21.3. The summed E-state index contributed by atoms with van der Waals surface area (Å²) in [6.07, 6.45) is 3.86. The number of fused-ring (bicyclic) bond motifs is 1. The molecule has 0 amide bonds. The van der Waals surface area contributed by atoms with Gasteiger partial charge < -0.3 is 14.2 Å². The fraction of sp³-hybridized carbons (Fsp3) is 0.360. The Morgan fingerprint density at radius 2 is 2.00 bits per heavy atom. The van der Waals surface area contributed by atoms with Gasteiger partial charge in [-0.25, -0.2) is 9.78 Å². The van der Waals surface area contributed by atoms with Crippen molar-refractivity contribution < 1.29 is 19.0 Å². The molecule has 0 atom stereocenters. The van der Waals surface area contributed by atoms with Crippen LogP contribution >= 0.6 is 15.9 Å². The van der Waals surface area contributed by atoms with E-state index in [2.05, 4.69) is 32.9 Å². The highest BCUT2D eigenvalue weighted by molar-refractivity contribution is 9.10. The number of hydrogen-bond donors (Lipinski definition) is 0. The number of carbonyl (C=O) groups is 1. The van der Waals surface area contributed by atoms with E-state index in [1.165, 1.54) is 11.8 Å². The first kappa shape index (κ1) is 25.4. The number of carbonyl (C=O) groups excluding carboxylic acids is 1. The third-order valence-corrected chi connectivity index (χ3v) is 5.35. The van der Waals surface area contributed by atoms with Crippen LogP contribution in [0.2, 0.25) is 0 Å².